The number of tetrazole rings is 1. The van der Waals surface area contributed by atoms with E-state index in [0.29, 0.717) is 18.2 Å². The Hall–Kier alpha value is -0.970. The maximum atomic E-state index is 9.93. The normalized spacial score (nSPS) is 16.1. The smallest absolute Gasteiger partial charge is 0.177 e. The van der Waals surface area contributed by atoms with E-state index in [-0.39, 0.29) is 5.41 Å². The lowest BCUT2D eigenvalue weighted by molar-refractivity contribution is 0.108. The van der Waals surface area contributed by atoms with E-state index in [1.807, 2.05) is 0 Å². The summed E-state index contributed by atoms with van der Waals surface area (Å²) in [6, 6.07) is 0. The van der Waals surface area contributed by atoms with Crippen molar-refractivity contribution in [3.8, 4) is 0 Å². The van der Waals surface area contributed by atoms with Crippen LogP contribution in [0.25, 0.3) is 0 Å². The Morgan fingerprint density at radius 3 is 2.44 bits per heavy atom. The summed E-state index contributed by atoms with van der Waals surface area (Å²) in [6.45, 7) is 8.72. The summed E-state index contributed by atoms with van der Waals surface area (Å²) in [5.74, 6) is 1.07. The third-order valence-electron chi connectivity index (χ3n) is 3.07. The summed E-state index contributed by atoms with van der Waals surface area (Å²) in [5.41, 5.74) is 0.219. The maximum Gasteiger partial charge on any atom is 0.177 e. The first-order chi connectivity index (χ1) is 7.29. The van der Waals surface area contributed by atoms with Crippen molar-refractivity contribution in [1.29, 1.82) is 0 Å². The van der Waals surface area contributed by atoms with Crippen molar-refractivity contribution >= 4 is 0 Å². The lowest BCUT2D eigenvalue weighted by Gasteiger charge is -2.28. The minimum absolute atomic E-state index is 0.219. The molecule has 1 aromatic heterocycles. The Morgan fingerprint density at radius 1 is 1.38 bits per heavy atom. The Bertz CT molecular complexity index is 329. The number of aryl methyl sites for hydroxylation is 1. The molecule has 1 heterocycles. The van der Waals surface area contributed by atoms with Gasteiger partial charge in [0, 0.05) is 6.42 Å². The number of hydrogen-bond acceptors (Lipinski definition) is 4. The number of aromatic nitrogens is 4. The van der Waals surface area contributed by atoms with Gasteiger partial charge in [-0.2, -0.15) is 4.80 Å². The Balaban J connectivity index is 2.45. The molecule has 0 bridgehead atoms. The highest BCUT2D eigenvalue weighted by Gasteiger charge is 2.23. The zero-order valence-corrected chi connectivity index (χ0v) is 10.8. The van der Waals surface area contributed by atoms with Crippen molar-refractivity contribution in [3.63, 3.8) is 0 Å². The number of rotatable bonds is 4. The highest BCUT2D eigenvalue weighted by molar-refractivity contribution is 4.83. The zero-order chi connectivity index (χ0) is 12.3. The predicted octanol–water partition coefficient (Wildman–Crippen LogP) is 1.19. The topological polar surface area (TPSA) is 63.8 Å². The molecule has 5 nitrogen and oxygen atoms in total. The Morgan fingerprint density at radius 2 is 2.00 bits per heavy atom. The first-order valence-electron chi connectivity index (χ1n) is 5.70. The van der Waals surface area contributed by atoms with Crippen LogP contribution in [0.5, 0.6) is 0 Å². The quantitative estimate of drug-likeness (QED) is 0.837. The molecule has 1 N–H and O–H groups in total. The fourth-order valence-electron chi connectivity index (χ4n) is 1.46. The molecule has 92 valence electrons. The van der Waals surface area contributed by atoms with Gasteiger partial charge in [0.25, 0.3) is 0 Å². The van der Waals surface area contributed by atoms with Crippen LogP contribution in [0.3, 0.4) is 0 Å². The van der Waals surface area contributed by atoms with E-state index in [1.165, 1.54) is 4.80 Å². The predicted molar refractivity (Wildman–Crippen MR) is 61.7 cm³/mol. The molecule has 2 unspecified atom stereocenters. The molecule has 0 aliphatic carbocycles. The van der Waals surface area contributed by atoms with E-state index < -0.39 is 6.10 Å². The van der Waals surface area contributed by atoms with Crippen LogP contribution in [0.15, 0.2) is 0 Å². The zero-order valence-electron chi connectivity index (χ0n) is 10.8. The van der Waals surface area contributed by atoms with E-state index in [9.17, 15) is 5.11 Å². The third-order valence-corrected chi connectivity index (χ3v) is 3.07. The summed E-state index contributed by atoms with van der Waals surface area (Å²) in [4.78, 5) is 1.41. The second-order valence-corrected chi connectivity index (χ2v) is 5.56. The summed E-state index contributed by atoms with van der Waals surface area (Å²) in [7, 11) is 1.72. The molecule has 0 aromatic carbocycles. The Labute approximate surface area is 96.9 Å². The average molecular weight is 226 g/mol. The summed E-state index contributed by atoms with van der Waals surface area (Å²) < 4.78 is 0. The second-order valence-electron chi connectivity index (χ2n) is 5.56. The second kappa shape index (κ2) is 4.91. The molecule has 1 aromatic rings. The molecule has 0 radical (unpaired) electrons. The van der Waals surface area contributed by atoms with Gasteiger partial charge in [-0.3, -0.25) is 0 Å². The van der Waals surface area contributed by atoms with E-state index in [4.69, 9.17) is 0 Å². The third kappa shape index (κ3) is 3.89. The van der Waals surface area contributed by atoms with Crippen LogP contribution in [0, 0.1) is 11.3 Å². The molecule has 0 aliphatic heterocycles. The Kier molecular flexibility index (Phi) is 4.02. The van der Waals surface area contributed by atoms with Gasteiger partial charge in [-0.15, -0.1) is 10.2 Å². The van der Waals surface area contributed by atoms with Crippen molar-refractivity contribution in [2.24, 2.45) is 18.4 Å². The average Bonchev–Trinajstić information content (AvgIpc) is 2.49. The van der Waals surface area contributed by atoms with Crippen LogP contribution in [-0.2, 0) is 13.5 Å². The summed E-state index contributed by atoms with van der Waals surface area (Å²) in [6.07, 6.45) is 0.856. The van der Waals surface area contributed by atoms with Crippen molar-refractivity contribution in [1.82, 2.24) is 20.2 Å². The molecule has 0 saturated heterocycles. The molecule has 0 saturated carbocycles. The molecule has 1 rings (SSSR count). The minimum Gasteiger partial charge on any atom is -0.393 e. The monoisotopic (exact) mass is 226 g/mol. The van der Waals surface area contributed by atoms with E-state index >= 15 is 0 Å². The number of aliphatic hydroxyl groups excluding tert-OH is 1. The number of aliphatic hydroxyl groups is 1. The van der Waals surface area contributed by atoms with Crippen molar-refractivity contribution in [2.75, 3.05) is 0 Å². The molecular weight excluding hydrogens is 204 g/mol. The van der Waals surface area contributed by atoms with Gasteiger partial charge in [0.2, 0.25) is 0 Å². The lowest BCUT2D eigenvalue weighted by atomic mass is 9.78. The molecule has 0 aliphatic rings. The summed E-state index contributed by atoms with van der Waals surface area (Å²) in [5, 5.41) is 21.6. The minimum atomic E-state index is -0.390. The van der Waals surface area contributed by atoms with Gasteiger partial charge in [0.15, 0.2) is 5.82 Å². The molecule has 0 amide bonds. The van der Waals surface area contributed by atoms with Crippen LogP contribution in [-0.4, -0.2) is 31.4 Å². The van der Waals surface area contributed by atoms with Gasteiger partial charge >= 0.3 is 0 Å². The largest absolute Gasteiger partial charge is 0.393 e. The van der Waals surface area contributed by atoms with E-state index in [1.54, 1.807) is 7.05 Å². The van der Waals surface area contributed by atoms with Gasteiger partial charge in [-0.25, -0.2) is 0 Å². The fourth-order valence-corrected chi connectivity index (χ4v) is 1.46. The first-order valence-corrected chi connectivity index (χ1v) is 5.70. The molecule has 16 heavy (non-hydrogen) atoms. The van der Waals surface area contributed by atoms with Gasteiger partial charge in [-0.1, -0.05) is 27.7 Å². The van der Waals surface area contributed by atoms with Crippen LogP contribution < -0.4 is 0 Å². The highest BCUT2D eigenvalue weighted by atomic mass is 16.3. The molecule has 5 heteroatoms. The van der Waals surface area contributed by atoms with Crippen molar-refractivity contribution in [2.45, 2.75) is 46.6 Å². The lowest BCUT2D eigenvalue weighted by Crippen LogP contribution is -2.24. The van der Waals surface area contributed by atoms with Crippen LogP contribution >= 0.6 is 0 Å². The van der Waals surface area contributed by atoms with E-state index in [2.05, 4.69) is 43.1 Å². The fraction of sp³-hybridized carbons (Fsp3) is 0.909. The van der Waals surface area contributed by atoms with Gasteiger partial charge in [0.05, 0.1) is 13.2 Å². The number of hydrogen-bond donors (Lipinski definition) is 1. The SMILES string of the molecule is CC(CC(O)Cc1nnn(C)n1)C(C)(C)C. The van der Waals surface area contributed by atoms with Crippen LogP contribution in [0.2, 0.25) is 0 Å². The summed E-state index contributed by atoms with van der Waals surface area (Å²) >= 11 is 0. The molecule has 0 spiro atoms. The highest BCUT2D eigenvalue weighted by Crippen LogP contribution is 2.29. The van der Waals surface area contributed by atoms with Crippen LogP contribution in [0.1, 0.15) is 39.9 Å². The van der Waals surface area contributed by atoms with Gasteiger partial charge in [-0.05, 0) is 23.0 Å². The van der Waals surface area contributed by atoms with Gasteiger partial charge in [0.1, 0.15) is 0 Å². The van der Waals surface area contributed by atoms with E-state index in [0.717, 1.165) is 6.42 Å². The first kappa shape index (κ1) is 13.1. The number of nitrogens with zero attached hydrogens (tertiary/aromatic N) is 4. The maximum absolute atomic E-state index is 9.93. The standard InChI is InChI=1S/C11H22N4O/c1-8(11(2,3)4)6-9(16)7-10-12-14-15(5)13-10/h8-9,16H,6-7H2,1-5H3. The molecule has 2 atom stereocenters. The van der Waals surface area contributed by atoms with Crippen molar-refractivity contribution < 1.29 is 5.11 Å². The van der Waals surface area contributed by atoms with Gasteiger partial charge < -0.3 is 5.11 Å². The molecular formula is C11H22N4O. The van der Waals surface area contributed by atoms with Crippen molar-refractivity contribution in [3.05, 3.63) is 5.82 Å². The molecule has 0 fully saturated rings. The van der Waals surface area contributed by atoms with Crippen LogP contribution in [0.4, 0.5) is 0 Å².